The van der Waals surface area contributed by atoms with Gasteiger partial charge in [0.15, 0.2) is 5.16 Å². The molecule has 0 radical (unpaired) electrons. The van der Waals surface area contributed by atoms with Crippen molar-refractivity contribution in [2.45, 2.75) is 18.0 Å². The van der Waals surface area contributed by atoms with E-state index in [0.717, 1.165) is 29.4 Å². The van der Waals surface area contributed by atoms with Crippen molar-refractivity contribution < 1.29 is 4.79 Å². The van der Waals surface area contributed by atoms with E-state index in [1.54, 1.807) is 28.8 Å². The zero-order valence-electron chi connectivity index (χ0n) is 18.7. The fraction of sp³-hybridized carbons (Fsp3) is 0.148. The summed E-state index contributed by atoms with van der Waals surface area (Å²) in [6, 6.07) is 22.8. The monoisotopic (exact) mass is 500 g/mol. The maximum absolute atomic E-state index is 13.7. The number of aromatic amines is 1. The Balaban J connectivity index is 1.42. The molecule has 0 saturated heterocycles. The molecule has 0 bridgehead atoms. The van der Waals surface area contributed by atoms with Gasteiger partial charge in [0.05, 0.1) is 11.4 Å². The first-order valence-electron chi connectivity index (χ1n) is 11.4. The predicted molar refractivity (Wildman–Crippen MR) is 142 cm³/mol. The van der Waals surface area contributed by atoms with Crippen molar-refractivity contribution in [1.82, 2.24) is 14.5 Å². The van der Waals surface area contributed by atoms with Crippen LogP contribution in [0.4, 0.5) is 5.69 Å². The average Bonchev–Trinajstić information content (AvgIpc) is 3.27. The first kappa shape index (κ1) is 21.9. The van der Waals surface area contributed by atoms with Gasteiger partial charge in [-0.3, -0.25) is 14.2 Å². The Kier molecular flexibility index (Phi) is 5.59. The van der Waals surface area contributed by atoms with Gasteiger partial charge < -0.3 is 9.88 Å². The number of aryl methyl sites for hydroxylation is 1. The van der Waals surface area contributed by atoms with Crippen molar-refractivity contribution >= 4 is 56.9 Å². The number of hydrogen-bond acceptors (Lipinski definition) is 4. The van der Waals surface area contributed by atoms with Crippen LogP contribution in [-0.4, -0.2) is 32.7 Å². The van der Waals surface area contributed by atoms with E-state index in [1.165, 1.54) is 17.3 Å². The van der Waals surface area contributed by atoms with Crippen LogP contribution in [0.5, 0.6) is 0 Å². The molecule has 0 saturated carbocycles. The molecule has 0 unspecified atom stereocenters. The number of nitrogens with zero attached hydrogens (tertiary/aromatic N) is 3. The highest BCUT2D eigenvalue weighted by Crippen LogP contribution is 2.30. The van der Waals surface area contributed by atoms with Crippen LogP contribution >= 0.6 is 23.4 Å². The third kappa shape index (κ3) is 3.90. The van der Waals surface area contributed by atoms with Crippen LogP contribution in [0.2, 0.25) is 5.02 Å². The van der Waals surface area contributed by atoms with Crippen LogP contribution in [0.1, 0.15) is 12.0 Å². The molecule has 6 nitrogen and oxygen atoms in total. The summed E-state index contributed by atoms with van der Waals surface area (Å²) in [7, 11) is 0. The first-order chi connectivity index (χ1) is 17.1. The summed E-state index contributed by atoms with van der Waals surface area (Å²) in [4.78, 5) is 36.9. The van der Waals surface area contributed by atoms with Gasteiger partial charge in [0.25, 0.3) is 5.56 Å². The summed E-state index contributed by atoms with van der Waals surface area (Å²) >= 11 is 7.37. The zero-order valence-corrected chi connectivity index (χ0v) is 20.3. The van der Waals surface area contributed by atoms with Gasteiger partial charge in [-0.25, -0.2) is 4.98 Å². The number of H-pyrrole nitrogens is 1. The first-order valence-corrected chi connectivity index (χ1v) is 12.8. The Morgan fingerprint density at radius 1 is 1.03 bits per heavy atom. The van der Waals surface area contributed by atoms with E-state index < -0.39 is 0 Å². The summed E-state index contributed by atoms with van der Waals surface area (Å²) in [6.45, 7) is 0.690. The molecule has 0 spiro atoms. The number of carbonyl (C=O) groups excluding carboxylic acids is 1. The number of thioether (sulfide) groups is 1. The zero-order chi connectivity index (χ0) is 23.9. The lowest BCUT2D eigenvalue weighted by molar-refractivity contribution is -0.116. The van der Waals surface area contributed by atoms with Crippen LogP contribution < -0.4 is 10.5 Å². The van der Waals surface area contributed by atoms with Gasteiger partial charge in [0.1, 0.15) is 11.0 Å². The van der Waals surface area contributed by atoms with Gasteiger partial charge in [-0.2, -0.15) is 0 Å². The normalized spacial score (nSPS) is 13.3. The second kappa shape index (κ2) is 8.91. The number of aromatic nitrogens is 3. The average molecular weight is 501 g/mol. The summed E-state index contributed by atoms with van der Waals surface area (Å²) < 4.78 is 1.55. The number of hydrogen-bond donors (Lipinski definition) is 1. The smallest absolute Gasteiger partial charge is 0.283 e. The van der Waals surface area contributed by atoms with Crippen molar-refractivity contribution in [1.29, 1.82) is 0 Å². The Morgan fingerprint density at radius 2 is 1.80 bits per heavy atom. The molecule has 0 fully saturated rings. The summed E-state index contributed by atoms with van der Waals surface area (Å²) in [5.41, 5.74) is 4.47. The number of rotatable bonds is 4. The lowest BCUT2D eigenvalue weighted by Gasteiger charge is -2.29. The molecule has 35 heavy (non-hydrogen) atoms. The molecular formula is C27H21ClN4O2S. The van der Waals surface area contributed by atoms with Crippen LogP contribution in [0, 0.1) is 0 Å². The molecule has 174 valence electrons. The van der Waals surface area contributed by atoms with Gasteiger partial charge in [-0.05, 0) is 54.8 Å². The highest BCUT2D eigenvalue weighted by atomic mass is 35.5. The third-order valence-electron chi connectivity index (χ3n) is 6.32. The van der Waals surface area contributed by atoms with E-state index in [2.05, 4.69) is 11.1 Å². The number of anilines is 1. The molecule has 1 amide bonds. The molecule has 3 heterocycles. The fourth-order valence-corrected chi connectivity index (χ4v) is 5.66. The molecule has 0 aliphatic carbocycles. The Bertz CT molecular complexity index is 1640. The third-order valence-corrected chi connectivity index (χ3v) is 7.49. The topological polar surface area (TPSA) is 71.0 Å². The van der Waals surface area contributed by atoms with Gasteiger partial charge >= 0.3 is 0 Å². The molecule has 2 aromatic heterocycles. The Labute approximate surface area is 210 Å². The maximum Gasteiger partial charge on any atom is 0.283 e. The minimum atomic E-state index is -0.216. The summed E-state index contributed by atoms with van der Waals surface area (Å²) in [5, 5.41) is 1.92. The standard InChI is InChI=1S/C27H21ClN4O2S/c28-18-11-13-19(14-12-18)32-26(34)25-24(20-8-2-3-9-21(20)29-25)30-27(32)35-16-23(33)31-15-5-7-17-6-1-4-10-22(17)31/h1-4,6,8-14,29H,5,7,15-16H2. The number of para-hydroxylation sites is 2. The molecule has 3 aromatic carbocycles. The van der Waals surface area contributed by atoms with Crippen molar-refractivity contribution in [3.05, 3.63) is 93.7 Å². The Morgan fingerprint density at radius 3 is 2.66 bits per heavy atom. The largest absolute Gasteiger partial charge is 0.349 e. The van der Waals surface area contributed by atoms with E-state index >= 15 is 0 Å². The number of nitrogens with one attached hydrogen (secondary N) is 1. The van der Waals surface area contributed by atoms with Crippen LogP contribution in [-0.2, 0) is 11.2 Å². The molecule has 5 aromatic rings. The molecule has 0 atom stereocenters. The molecular weight excluding hydrogens is 480 g/mol. The van der Waals surface area contributed by atoms with E-state index in [1.807, 2.05) is 47.4 Å². The fourth-order valence-electron chi connectivity index (χ4n) is 4.65. The van der Waals surface area contributed by atoms with E-state index in [0.29, 0.717) is 33.4 Å². The van der Waals surface area contributed by atoms with Crippen LogP contribution in [0.3, 0.4) is 0 Å². The maximum atomic E-state index is 13.7. The molecule has 1 aliphatic heterocycles. The van der Waals surface area contributed by atoms with E-state index in [-0.39, 0.29) is 17.2 Å². The summed E-state index contributed by atoms with van der Waals surface area (Å²) in [5.74, 6) is 0.167. The van der Waals surface area contributed by atoms with Crippen molar-refractivity contribution in [3.8, 4) is 5.69 Å². The number of amides is 1. The van der Waals surface area contributed by atoms with Gasteiger partial charge in [0.2, 0.25) is 5.91 Å². The molecule has 1 aliphatic rings. The van der Waals surface area contributed by atoms with Gasteiger partial charge in [0, 0.05) is 28.2 Å². The Hall–Kier alpha value is -3.55. The van der Waals surface area contributed by atoms with Crippen molar-refractivity contribution in [2.24, 2.45) is 0 Å². The van der Waals surface area contributed by atoms with E-state index in [9.17, 15) is 9.59 Å². The summed E-state index contributed by atoms with van der Waals surface area (Å²) in [6.07, 6.45) is 1.91. The van der Waals surface area contributed by atoms with Crippen molar-refractivity contribution in [2.75, 3.05) is 17.2 Å². The minimum Gasteiger partial charge on any atom is -0.349 e. The highest BCUT2D eigenvalue weighted by molar-refractivity contribution is 7.99. The second-order valence-electron chi connectivity index (χ2n) is 8.47. The highest BCUT2D eigenvalue weighted by Gasteiger charge is 2.24. The number of benzene rings is 3. The van der Waals surface area contributed by atoms with E-state index in [4.69, 9.17) is 16.6 Å². The SMILES string of the molecule is O=C(CSc1nc2c([nH]c3ccccc32)c(=O)n1-c1ccc(Cl)cc1)N1CCCc2ccccc21. The van der Waals surface area contributed by atoms with Gasteiger partial charge in [-0.1, -0.05) is 59.8 Å². The molecule has 1 N–H and O–H groups in total. The number of halogens is 1. The lowest BCUT2D eigenvalue weighted by Crippen LogP contribution is -2.36. The quantitative estimate of drug-likeness (QED) is 0.258. The van der Waals surface area contributed by atoms with Crippen LogP contribution in [0.15, 0.2) is 82.7 Å². The molecule has 8 heteroatoms. The number of fused-ring (bicyclic) bond motifs is 4. The minimum absolute atomic E-state index is 0.00178. The second-order valence-corrected chi connectivity index (χ2v) is 9.85. The predicted octanol–water partition coefficient (Wildman–Crippen LogP) is 5.59. The molecule has 6 rings (SSSR count). The lowest BCUT2D eigenvalue weighted by atomic mass is 10.0. The van der Waals surface area contributed by atoms with Crippen molar-refractivity contribution in [3.63, 3.8) is 0 Å². The van der Waals surface area contributed by atoms with Crippen LogP contribution in [0.25, 0.3) is 27.6 Å². The number of carbonyl (C=O) groups is 1. The van der Waals surface area contributed by atoms with Gasteiger partial charge in [-0.15, -0.1) is 0 Å².